The summed E-state index contributed by atoms with van der Waals surface area (Å²) in [7, 11) is 1.50. The first-order valence-corrected chi connectivity index (χ1v) is 6.95. The minimum absolute atomic E-state index is 0.107. The van der Waals surface area contributed by atoms with E-state index < -0.39 is 11.4 Å². The van der Waals surface area contributed by atoms with Crippen molar-refractivity contribution in [2.24, 2.45) is 11.3 Å². The van der Waals surface area contributed by atoms with Gasteiger partial charge in [-0.2, -0.15) is 0 Å². The van der Waals surface area contributed by atoms with E-state index in [4.69, 9.17) is 16.3 Å². The predicted molar refractivity (Wildman–Crippen MR) is 81.8 cm³/mol. The third-order valence-corrected chi connectivity index (χ3v) is 4.02. The van der Waals surface area contributed by atoms with Crippen molar-refractivity contribution in [2.45, 2.75) is 27.2 Å². The Bertz CT molecular complexity index is 544. The Labute approximate surface area is 129 Å². The van der Waals surface area contributed by atoms with Crippen molar-refractivity contribution in [3.05, 3.63) is 23.2 Å². The fourth-order valence-corrected chi connectivity index (χ4v) is 2.07. The number of amides is 1. The highest BCUT2D eigenvalue weighted by atomic mass is 35.5. The number of carboxylic acid groups (broad SMARTS) is 1. The first-order valence-electron chi connectivity index (χ1n) is 6.57. The predicted octanol–water partition coefficient (Wildman–Crippen LogP) is 3.42. The molecule has 21 heavy (non-hydrogen) atoms. The lowest BCUT2D eigenvalue weighted by Gasteiger charge is -2.28. The van der Waals surface area contributed by atoms with E-state index in [0.29, 0.717) is 16.5 Å². The Kier molecular flexibility index (Phi) is 5.61. The van der Waals surface area contributed by atoms with E-state index >= 15 is 0 Å². The van der Waals surface area contributed by atoms with Gasteiger partial charge in [0.15, 0.2) is 0 Å². The molecule has 0 bridgehead atoms. The molecule has 116 valence electrons. The van der Waals surface area contributed by atoms with Crippen LogP contribution in [0.5, 0.6) is 5.75 Å². The number of ether oxygens (including phenoxy) is 1. The Morgan fingerprint density at radius 1 is 1.43 bits per heavy atom. The normalized spacial score (nSPS) is 13.6. The molecule has 0 saturated carbocycles. The molecule has 0 radical (unpaired) electrons. The van der Waals surface area contributed by atoms with Crippen LogP contribution in [0.2, 0.25) is 5.02 Å². The molecule has 0 aromatic heterocycles. The minimum atomic E-state index is -1.11. The molecule has 5 nitrogen and oxygen atoms in total. The summed E-state index contributed by atoms with van der Waals surface area (Å²) >= 11 is 5.98. The number of carbonyl (C=O) groups is 2. The molecule has 6 heteroatoms. The third kappa shape index (κ3) is 4.11. The molecule has 1 rings (SSSR count). The molecule has 0 aliphatic carbocycles. The fourth-order valence-electron chi connectivity index (χ4n) is 1.81. The first kappa shape index (κ1) is 17.3. The van der Waals surface area contributed by atoms with Crippen LogP contribution in [-0.2, 0) is 9.59 Å². The first-order chi connectivity index (χ1) is 9.70. The lowest BCUT2D eigenvalue weighted by molar-refractivity contribution is -0.153. The highest BCUT2D eigenvalue weighted by molar-refractivity contribution is 6.32. The Morgan fingerprint density at radius 2 is 2.05 bits per heavy atom. The van der Waals surface area contributed by atoms with Gasteiger partial charge in [-0.3, -0.25) is 9.59 Å². The summed E-state index contributed by atoms with van der Waals surface area (Å²) in [5.41, 5.74) is -0.609. The van der Waals surface area contributed by atoms with Crippen LogP contribution in [0.1, 0.15) is 27.2 Å². The average Bonchev–Trinajstić information content (AvgIpc) is 2.38. The monoisotopic (exact) mass is 313 g/mol. The number of halogens is 1. The molecule has 0 heterocycles. The summed E-state index contributed by atoms with van der Waals surface area (Å²) in [6.07, 6.45) is -0.107. The van der Waals surface area contributed by atoms with Gasteiger partial charge in [-0.05, 0) is 31.0 Å². The van der Waals surface area contributed by atoms with Gasteiger partial charge < -0.3 is 15.2 Å². The molecule has 0 aliphatic heterocycles. The molecule has 1 unspecified atom stereocenters. The van der Waals surface area contributed by atoms with Crippen LogP contribution < -0.4 is 10.1 Å². The van der Waals surface area contributed by atoms with Crippen molar-refractivity contribution in [1.82, 2.24) is 0 Å². The summed E-state index contributed by atoms with van der Waals surface area (Å²) < 4.78 is 5.03. The number of carbonyl (C=O) groups excluding carboxylic acids is 1. The number of anilines is 1. The molecule has 0 aliphatic rings. The van der Waals surface area contributed by atoms with Crippen LogP contribution in [0.3, 0.4) is 0 Å². The molecule has 2 N–H and O–H groups in total. The Hall–Kier alpha value is -1.75. The average molecular weight is 314 g/mol. The van der Waals surface area contributed by atoms with Crippen LogP contribution >= 0.6 is 11.6 Å². The molecule has 1 aromatic rings. The third-order valence-electron chi connectivity index (χ3n) is 3.73. The molecular weight excluding hydrogens is 294 g/mol. The van der Waals surface area contributed by atoms with Crippen LogP contribution in [0, 0.1) is 11.3 Å². The number of nitrogens with one attached hydrogen (secondary N) is 1. The van der Waals surface area contributed by atoms with E-state index in [1.54, 1.807) is 39.0 Å². The van der Waals surface area contributed by atoms with Crippen molar-refractivity contribution < 1.29 is 19.4 Å². The van der Waals surface area contributed by atoms with E-state index in [-0.39, 0.29) is 18.2 Å². The van der Waals surface area contributed by atoms with Gasteiger partial charge in [-0.25, -0.2) is 0 Å². The summed E-state index contributed by atoms with van der Waals surface area (Å²) in [5, 5.41) is 12.3. The molecule has 0 spiro atoms. The quantitative estimate of drug-likeness (QED) is 0.843. The summed E-state index contributed by atoms with van der Waals surface area (Å²) in [4.78, 5) is 23.4. The maximum Gasteiger partial charge on any atom is 0.310 e. The summed E-state index contributed by atoms with van der Waals surface area (Å²) in [5.74, 6) is -1.01. The topological polar surface area (TPSA) is 75.6 Å². The van der Waals surface area contributed by atoms with E-state index in [0.717, 1.165) is 0 Å². The van der Waals surface area contributed by atoms with Crippen molar-refractivity contribution >= 4 is 29.2 Å². The zero-order chi connectivity index (χ0) is 16.2. The smallest absolute Gasteiger partial charge is 0.310 e. The second kappa shape index (κ2) is 6.80. The zero-order valence-electron chi connectivity index (χ0n) is 12.6. The Morgan fingerprint density at radius 3 is 2.48 bits per heavy atom. The molecule has 1 aromatic carbocycles. The van der Waals surface area contributed by atoms with Crippen molar-refractivity contribution in [3.8, 4) is 5.75 Å². The molecule has 1 atom stereocenters. The van der Waals surface area contributed by atoms with Crippen molar-refractivity contribution in [2.75, 3.05) is 12.4 Å². The van der Waals surface area contributed by atoms with Crippen molar-refractivity contribution in [3.63, 3.8) is 0 Å². The van der Waals surface area contributed by atoms with Gasteiger partial charge in [-0.1, -0.05) is 25.4 Å². The number of benzene rings is 1. The highest BCUT2D eigenvalue weighted by Gasteiger charge is 2.38. The summed E-state index contributed by atoms with van der Waals surface area (Å²) in [6, 6.07) is 4.85. The van der Waals surface area contributed by atoms with E-state index in [2.05, 4.69) is 5.32 Å². The van der Waals surface area contributed by atoms with Gasteiger partial charge in [0.25, 0.3) is 0 Å². The number of aliphatic carboxylic acids is 1. The number of carboxylic acids is 1. The van der Waals surface area contributed by atoms with E-state index in [1.165, 1.54) is 7.11 Å². The van der Waals surface area contributed by atoms with Gasteiger partial charge in [0.2, 0.25) is 5.91 Å². The maximum atomic E-state index is 12.1. The second-order valence-corrected chi connectivity index (χ2v) is 5.86. The van der Waals surface area contributed by atoms with Gasteiger partial charge in [0.05, 0.1) is 17.5 Å². The molecule has 1 amide bonds. The van der Waals surface area contributed by atoms with Crippen molar-refractivity contribution in [1.29, 1.82) is 0 Å². The number of hydrogen-bond donors (Lipinski definition) is 2. The maximum absolute atomic E-state index is 12.1. The van der Waals surface area contributed by atoms with Gasteiger partial charge in [0.1, 0.15) is 5.75 Å². The lowest BCUT2D eigenvalue weighted by Crippen LogP contribution is -2.37. The lowest BCUT2D eigenvalue weighted by atomic mass is 9.76. The minimum Gasteiger partial charge on any atom is -0.495 e. The summed E-state index contributed by atoms with van der Waals surface area (Å²) in [6.45, 7) is 5.14. The van der Waals surface area contributed by atoms with E-state index in [9.17, 15) is 14.7 Å². The molecule has 0 saturated heterocycles. The largest absolute Gasteiger partial charge is 0.495 e. The molecule has 0 fully saturated rings. The van der Waals surface area contributed by atoms with Crippen LogP contribution in [0.4, 0.5) is 5.69 Å². The number of rotatable bonds is 6. The Balaban J connectivity index is 2.82. The van der Waals surface area contributed by atoms with Gasteiger partial charge in [0, 0.05) is 12.1 Å². The van der Waals surface area contributed by atoms with E-state index in [1.807, 2.05) is 0 Å². The highest BCUT2D eigenvalue weighted by Crippen LogP contribution is 2.32. The fraction of sp³-hybridized carbons (Fsp3) is 0.467. The van der Waals surface area contributed by atoms with Gasteiger partial charge in [-0.15, -0.1) is 0 Å². The van der Waals surface area contributed by atoms with Crippen LogP contribution in [0.25, 0.3) is 0 Å². The standard InChI is InChI=1S/C15H20ClNO4/c1-9(2)15(3,14(19)20)8-13(18)17-10-5-6-12(21-4)11(16)7-10/h5-7,9H,8H2,1-4H3,(H,17,18)(H,19,20). The van der Waals surface area contributed by atoms with Crippen LogP contribution in [0.15, 0.2) is 18.2 Å². The molecular formula is C15H20ClNO4. The number of methoxy groups -OCH3 is 1. The second-order valence-electron chi connectivity index (χ2n) is 5.45. The zero-order valence-corrected chi connectivity index (χ0v) is 13.3. The SMILES string of the molecule is COc1ccc(NC(=O)CC(C)(C(=O)O)C(C)C)cc1Cl. The van der Waals surface area contributed by atoms with Gasteiger partial charge >= 0.3 is 5.97 Å². The van der Waals surface area contributed by atoms with Crippen LogP contribution in [-0.4, -0.2) is 24.1 Å². The number of hydrogen-bond acceptors (Lipinski definition) is 3.